The second kappa shape index (κ2) is 6.20. The van der Waals surface area contributed by atoms with E-state index in [0.717, 1.165) is 30.4 Å². The quantitative estimate of drug-likeness (QED) is 0.631. The van der Waals surface area contributed by atoms with Crippen molar-refractivity contribution in [2.24, 2.45) is 0 Å². The van der Waals surface area contributed by atoms with Crippen molar-refractivity contribution in [3.63, 3.8) is 0 Å². The lowest BCUT2D eigenvalue weighted by Crippen LogP contribution is -2.47. The average molecular weight is 355 g/mol. The first-order chi connectivity index (χ1) is 9.36. The maximum atomic E-state index is 12.1. The highest BCUT2D eigenvalue weighted by atomic mass is 35.6. The molecular formula is C12H14Cl3N3OS. The van der Waals surface area contributed by atoms with E-state index in [1.54, 1.807) is 0 Å². The Balaban J connectivity index is 2.26. The normalized spacial score (nSPS) is 23.0. The number of carbonyl (C=O) groups is 1. The van der Waals surface area contributed by atoms with E-state index in [1.807, 2.05) is 37.3 Å². The molecule has 2 rings (SSSR count). The van der Waals surface area contributed by atoms with Crippen molar-refractivity contribution in [2.45, 2.75) is 28.6 Å². The van der Waals surface area contributed by atoms with Crippen molar-refractivity contribution in [2.75, 3.05) is 0 Å². The summed E-state index contributed by atoms with van der Waals surface area (Å²) in [4.78, 5) is 12.1. The molecule has 20 heavy (non-hydrogen) atoms. The smallest absolute Gasteiger partial charge is 0.312 e. The lowest BCUT2D eigenvalue weighted by Gasteiger charge is -2.29. The highest BCUT2D eigenvalue weighted by Crippen LogP contribution is 2.42. The van der Waals surface area contributed by atoms with E-state index in [-0.39, 0.29) is 6.03 Å². The molecular weight excluding hydrogens is 341 g/mol. The van der Waals surface area contributed by atoms with Crippen LogP contribution < -0.4 is 10.7 Å². The summed E-state index contributed by atoms with van der Waals surface area (Å²) in [6.45, 7) is 2.04. The second-order valence-corrected chi connectivity index (χ2v) is 8.51. The average Bonchev–Trinajstić information content (AvgIpc) is 2.66. The Morgan fingerprint density at radius 3 is 2.50 bits per heavy atom. The molecule has 1 atom stereocenters. The van der Waals surface area contributed by atoms with E-state index >= 15 is 0 Å². The van der Waals surface area contributed by atoms with Gasteiger partial charge in [0.15, 0.2) is 0 Å². The first-order valence-corrected chi connectivity index (χ1v) is 7.98. The van der Waals surface area contributed by atoms with Crippen molar-refractivity contribution in [1.29, 1.82) is 0 Å². The van der Waals surface area contributed by atoms with Gasteiger partial charge in [-0.25, -0.2) is 4.79 Å². The van der Waals surface area contributed by atoms with E-state index < -0.39 is 8.79 Å². The number of benzene rings is 1. The van der Waals surface area contributed by atoms with Gasteiger partial charge >= 0.3 is 6.03 Å². The summed E-state index contributed by atoms with van der Waals surface area (Å²) >= 11 is 18.0. The first kappa shape index (κ1) is 16.0. The van der Waals surface area contributed by atoms with Crippen LogP contribution in [0.4, 0.5) is 4.79 Å². The predicted octanol–water partition coefficient (Wildman–Crippen LogP) is 4.15. The van der Waals surface area contributed by atoms with Crippen LogP contribution in [0.3, 0.4) is 0 Å². The van der Waals surface area contributed by atoms with Gasteiger partial charge in [-0.3, -0.25) is 0 Å². The fraction of sp³-hybridized carbons (Fsp3) is 0.417. The fourth-order valence-electron chi connectivity index (χ4n) is 2.15. The Labute approximate surface area is 137 Å². The Morgan fingerprint density at radius 1 is 1.30 bits per heavy atom. The van der Waals surface area contributed by atoms with Gasteiger partial charge in [0.25, 0.3) is 3.12 Å². The molecule has 1 aromatic carbocycles. The lowest BCUT2D eigenvalue weighted by molar-refractivity contribution is 0.233. The van der Waals surface area contributed by atoms with Crippen molar-refractivity contribution in [3.8, 4) is 0 Å². The number of alkyl halides is 3. The molecule has 2 amide bonds. The van der Waals surface area contributed by atoms with Gasteiger partial charge in [-0.1, -0.05) is 78.5 Å². The van der Waals surface area contributed by atoms with E-state index in [0.29, 0.717) is 0 Å². The van der Waals surface area contributed by atoms with Crippen LogP contribution in [0.1, 0.15) is 25.3 Å². The number of halogens is 3. The van der Waals surface area contributed by atoms with Crippen LogP contribution in [0.2, 0.25) is 0 Å². The molecule has 1 saturated heterocycles. The predicted molar refractivity (Wildman–Crippen MR) is 84.4 cm³/mol. The number of urea groups is 1. The lowest BCUT2D eigenvalue weighted by atomic mass is 9.95. The number of hydrazine groups is 1. The van der Waals surface area contributed by atoms with Crippen LogP contribution in [0, 0.1) is 0 Å². The third-order valence-electron chi connectivity index (χ3n) is 2.88. The molecule has 1 fully saturated rings. The number of hydrogen-bond acceptors (Lipinski definition) is 3. The monoisotopic (exact) mass is 353 g/mol. The van der Waals surface area contributed by atoms with Crippen LogP contribution in [0.5, 0.6) is 0 Å². The minimum absolute atomic E-state index is 0.335. The van der Waals surface area contributed by atoms with Gasteiger partial charge in [0, 0.05) is 11.9 Å². The van der Waals surface area contributed by atoms with Crippen LogP contribution in [0.25, 0.3) is 0 Å². The van der Waals surface area contributed by atoms with Crippen molar-refractivity contribution in [3.05, 3.63) is 35.9 Å². The largest absolute Gasteiger partial charge is 0.344 e. The summed E-state index contributed by atoms with van der Waals surface area (Å²) in [6.07, 6.45) is 1.61. The Hall–Kier alpha value is -0.330. The second-order valence-electron chi connectivity index (χ2n) is 4.39. The van der Waals surface area contributed by atoms with E-state index in [2.05, 4.69) is 10.7 Å². The molecule has 1 aliphatic rings. The minimum atomic E-state index is -1.61. The van der Waals surface area contributed by atoms with Gasteiger partial charge in [-0.15, -0.1) is 0 Å². The summed E-state index contributed by atoms with van der Waals surface area (Å²) in [5.74, 6) is 0. The highest BCUT2D eigenvalue weighted by Gasteiger charge is 2.45. The molecule has 2 N–H and O–H groups in total. The zero-order valence-electron chi connectivity index (χ0n) is 10.7. The van der Waals surface area contributed by atoms with Crippen molar-refractivity contribution >= 4 is 52.8 Å². The minimum Gasteiger partial charge on any atom is -0.312 e. The van der Waals surface area contributed by atoms with Gasteiger partial charge in [0.2, 0.25) is 0 Å². The molecule has 110 valence electrons. The summed E-state index contributed by atoms with van der Waals surface area (Å²) < 4.78 is -0.376. The van der Waals surface area contributed by atoms with Crippen LogP contribution in [-0.4, -0.2) is 13.6 Å². The summed E-state index contributed by atoms with van der Waals surface area (Å²) in [5.41, 5.74) is 3.40. The number of carbonyl (C=O) groups excluding carboxylic acids is 1. The summed E-state index contributed by atoms with van der Waals surface area (Å²) in [5, 5.41) is 2.94. The summed E-state index contributed by atoms with van der Waals surface area (Å²) in [6, 6.07) is 9.34. The van der Waals surface area contributed by atoms with Gasteiger partial charge in [-0.05, 0) is 12.0 Å². The molecule has 0 spiro atoms. The van der Waals surface area contributed by atoms with Gasteiger partial charge in [0.1, 0.15) is 5.66 Å². The Bertz CT molecular complexity index is 483. The molecule has 0 saturated carbocycles. The maximum absolute atomic E-state index is 12.1. The van der Waals surface area contributed by atoms with Crippen LogP contribution in [-0.2, 0) is 5.66 Å². The zero-order chi connectivity index (χ0) is 14.8. The third-order valence-corrected chi connectivity index (χ3v) is 4.15. The summed E-state index contributed by atoms with van der Waals surface area (Å²) in [7, 11) is 0. The molecule has 0 aliphatic carbocycles. The number of nitrogens with one attached hydrogen (secondary N) is 2. The molecule has 0 bridgehead atoms. The number of rotatable bonds is 4. The van der Waals surface area contributed by atoms with Gasteiger partial charge in [-0.2, -0.15) is 9.84 Å². The van der Waals surface area contributed by atoms with Crippen LogP contribution >= 0.6 is 46.8 Å². The topological polar surface area (TPSA) is 44.4 Å². The third kappa shape index (κ3) is 3.65. The molecule has 1 heterocycles. The van der Waals surface area contributed by atoms with Gasteiger partial charge in [0.05, 0.1) is 0 Å². The van der Waals surface area contributed by atoms with Crippen LogP contribution in [0.15, 0.2) is 30.3 Å². The van der Waals surface area contributed by atoms with E-state index in [4.69, 9.17) is 34.8 Å². The fourth-order valence-corrected chi connectivity index (χ4v) is 3.31. The Morgan fingerprint density at radius 2 is 1.95 bits per heavy atom. The van der Waals surface area contributed by atoms with Crippen molar-refractivity contribution in [1.82, 2.24) is 15.2 Å². The SMILES string of the molecule is CCCC1(c2ccccc2)NC(=O)N(SC(Cl)(Cl)Cl)N1. The number of nitrogens with zero attached hydrogens (tertiary/aromatic N) is 1. The number of hydrogen-bond donors (Lipinski definition) is 2. The maximum Gasteiger partial charge on any atom is 0.344 e. The molecule has 0 aromatic heterocycles. The molecule has 1 unspecified atom stereocenters. The van der Waals surface area contributed by atoms with Gasteiger partial charge < -0.3 is 5.32 Å². The zero-order valence-corrected chi connectivity index (χ0v) is 13.8. The molecule has 4 nitrogen and oxygen atoms in total. The highest BCUT2D eigenvalue weighted by molar-refractivity contribution is 8.03. The molecule has 1 aliphatic heterocycles. The molecule has 1 aromatic rings. The van der Waals surface area contributed by atoms with Crippen molar-refractivity contribution < 1.29 is 4.79 Å². The number of amides is 2. The Kier molecular flexibility index (Phi) is 4.97. The van der Waals surface area contributed by atoms with E-state index in [9.17, 15) is 4.79 Å². The standard InChI is InChI=1S/C12H14Cl3N3OS/c1-2-8-11(9-6-4-3-5-7-9)16-10(19)18(17-11)20-12(13,14)15/h3-7,17H,2,8H2,1H3,(H,16,19). The molecule has 8 heteroatoms. The first-order valence-electron chi connectivity index (χ1n) is 6.08. The molecule has 0 radical (unpaired) electrons. The van der Waals surface area contributed by atoms with E-state index in [1.165, 1.54) is 4.41 Å².